The fourth-order valence-corrected chi connectivity index (χ4v) is 17.0. The van der Waals surface area contributed by atoms with Gasteiger partial charge in [0, 0.05) is 56.4 Å². The summed E-state index contributed by atoms with van der Waals surface area (Å²) in [6.45, 7) is 19.8. The Morgan fingerprint density at radius 1 is 0.683 bits per heavy atom. The second-order valence-corrected chi connectivity index (χ2v) is 29.2. The lowest BCUT2D eigenvalue weighted by Crippen LogP contribution is -2.60. The summed E-state index contributed by atoms with van der Waals surface area (Å²) in [5.74, 6) is -1.74. The summed E-state index contributed by atoms with van der Waals surface area (Å²) in [6, 6.07) is 30.2. The fourth-order valence-electron chi connectivity index (χ4n) is 13.3. The van der Waals surface area contributed by atoms with Crippen LogP contribution < -0.4 is 22.5 Å². The zero-order valence-electron chi connectivity index (χ0n) is 50.3. The lowest BCUT2D eigenvalue weighted by molar-refractivity contribution is -0.197. The van der Waals surface area contributed by atoms with E-state index in [1.165, 1.54) is 28.5 Å². The zero-order chi connectivity index (χ0) is 59.8. The first-order valence-corrected chi connectivity index (χ1v) is 33.0. The standard InChI is InChI=1S/C65H88N4O12Si/c1-12-16-36-62(37-17-13-2)58(75)63(39-35-54(71)72,82(10,11)42-19-15-4)81-64(62,38-18-14-3)69-45-47(6)57(74)67(60(69)77)41-40-66-56(73)46(5)44-68(59(66)76)53-43-52(78-48(7)70)55(79-53)61(8,9)80-65(49-29-23-20-24-30-49,50-31-25-21-26-32-50)51-33-27-22-28-34-51/h20-34,44-45,52-53,55H,12-19,35-43H2,1-11H3,(H,71,72). The molecule has 2 aliphatic rings. The smallest absolute Gasteiger partial charge is 0.333 e. The summed E-state index contributed by atoms with van der Waals surface area (Å²) in [5.41, 5.74) is -5.28. The van der Waals surface area contributed by atoms with E-state index >= 15 is 14.4 Å². The number of unbranched alkanes of at least 4 members (excludes halogenated alkanes) is 4. The van der Waals surface area contributed by atoms with Crippen molar-refractivity contribution in [2.45, 2.75) is 225 Å². The van der Waals surface area contributed by atoms with E-state index in [1.807, 2.05) is 112 Å². The van der Waals surface area contributed by atoms with E-state index in [0.29, 0.717) is 44.6 Å². The second-order valence-electron chi connectivity index (χ2n) is 24.1. The maximum absolute atomic E-state index is 16.2. The average molecular weight is 1150 g/mol. The van der Waals surface area contributed by atoms with Crippen LogP contribution in [-0.2, 0) is 57.7 Å². The van der Waals surface area contributed by atoms with Crippen molar-refractivity contribution in [2.75, 3.05) is 0 Å². The molecule has 0 saturated carbocycles. The fraction of sp³-hybridized carbons (Fsp3) is 0.554. The molecule has 2 saturated heterocycles. The van der Waals surface area contributed by atoms with E-state index in [0.717, 1.165) is 51.5 Å². The molecule has 3 aromatic carbocycles. The van der Waals surface area contributed by atoms with E-state index in [-0.39, 0.29) is 42.6 Å². The van der Waals surface area contributed by atoms with E-state index < -0.39 is 102 Å². The lowest BCUT2D eigenvalue weighted by atomic mass is 9.65. The van der Waals surface area contributed by atoms with Crippen LogP contribution in [0.5, 0.6) is 0 Å². The van der Waals surface area contributed by atoms with Crippen LogP contribution in [0.15, 0.2) is 123 Å². The minimum atomic E-state index is -2.87. The van der Waals surface area contributed by atoms with Crippen molar-refractivity contribution in [2.24, 2.45) is 5.41 Å². The number of esters is 1. The van der Waals surface area contributed by atoms with Crippen molar-refractivity contribution in [3.8, 4) is 0 Å². The van der Waals surface area contributed by atoms with Crippen LogP contribution >= 0.6 is 0 Å². The first-order chi connectivity index (χ1) is 39.0. The Balaban J connectivity index is 1.33. The summed E-state index contributed by atoms with van der Waals surface area (Å²) in [4.78, 5) is 101. The lowest BCUT2D eigenvalue weighted by Gasteiger charge is -2.46. The number of hydrogen-bond donors (Lipinski definition) is 1. The molecule has 7 rings (SSSR count). The Hall–Kier alpha value is -6.27. The minimum absolute atomic E-state index is 0.00802. The second kappa shape index (κ2) is 26.1. The maximum Gasteiger partial charge on any atom is 0.333 e. The van der Waals surface area contributed by atoms with Crippen molar-refractivity contribution in [3.63, 3.8) is 0 Å². The van der Waals surface area contributed by atoms with Crippen LogP contribution in [0.1, 0.15) is 172 Å². The molecule has 5 unspecified atom stereocenters. The van der Waals surface area contributed by atoms with Crippen LogP contribution in [0.25, 0.3) is 0 Å². The molecule has 0 bridgehead atoms. The Bertz CT molecular complexity index is 3170. The monoisotopic (exact) mass is 1140 g/mol. The van der Waals surface area contributed by atoms with Crippen molar-refractivity contribution >= 4 is 25.8 Å². The largest absolute Gasteiger partial charge is 0.481 e. The maximum atomic E-state index is 16.2. The quantitative estimate of drug-likeness (QED) is 0.0283. The molecule has 1 N–H and O–H groups in total. The molecule has 5 atom stereocenters. The zero-order valence-corrected chi connectivity index (χ0v) is 51.3. The molecule has 2 aromatic heterocycles. The van der Waals surface area contributed by atoms with Crippen LogP contribution in [0.3, 0.4) is 0 Å². The highest BCUT2D eigenvalue weighted by atomic mass is 28.3. The van der Waals surface area contributed by atoms with Gasteiger partial charge in [0.15, 0.2) is 11.5 Å². The van der Waals surface area contributed by atoms with Gasteiger partial charge in [-0.25, -0.2) is 9.59 Å². The third-order valence-electron chi connectivity index (χ3n) is 17.6. The molecule has 2 fully saturated rings. The van der Waals surface area contributed by atoms with Gasteiger partial charge in [-0.3, -0.25) is 42.2 Å². The molecule has 0 aliphatic carbocycles. The number of carboxylic acids is 1. The van der Waals surface area contributed by atoms with E-state index in [4.69, 9.17) is 18.9 Å². The van der Waals surface area contributed by atoms with Crippen LogP contribution in [0.4, 0.5) is 0 Å². The summed E-state index contributed by atoms with van der Waals surface area (Å²) >= 11 is 0. The first-order valence-electron chi connectivity index (χ1n) is 29.8. The van der Waals surface area contributed by atoms with Gasteiger partial charge in [0.2, 0.25) is 0 Å². The number of carbonyl (C=O) groups is 3. The molecule has 2 aliphatic heterocycles. The predicted molar refractivity (Wildman–Crippen MR) is 320 cm³/mol. The number of Topliss-reactive ketones (excluding diaryl/α,β-unsaturated/α-hetero) is 1. The molecule has 4 heterocycles. The Labute approximate surface area is 483 Å². The Kier molecular flexibility index (Phi) is 20.2. The number of carboxylic acid groups (broad SMARTS) is 1. The van der Waals surface area contributed by atoms with E-state index in [1.54, 1.807) is 13.8 Å². The molecule has 17 heteroatoms. The molecular weight excluding hydrogens is 1060 g/mol. The molecule has 82 heavy (non-hydrogen) atoms. The number of carbonyl (C=O) groups excluding carboxylic acids is 2. The van der Waals surface area contributed by atoms with Gasteiger partial charge in [-0.1, -0.05) is 183 Å². The summed E-state index contributed by atoms with van der Waals surface area (Å²) in [5, 5.41) is 8.79. The van der Waals surface area contributed by atoms with E-state index in [9.17, 15) is 24.3 Å². The molecular formula is C65H88N4O12Si. The SMILES string of the molecule is CCCCC1(CCCC)C(=O)C(CCC(=O)O)([Si](C)(C)CCCC)OC1(CCCC)n1cc(C)c(=O)n(CCn2c(=O)c(C)cn(C3CC(OC(C)=O)C(C(C)(C)OC(c4ccccc4)(c4ccccc4)c4ccccc4)O3)c2=O)c1=O. The highest BCUT2D eigenvalue weighted by Crippen LogP contribution is 2.62. The van der Waals surface area contributed by atoms with Crippen molar-refractivity contribution in [1.82, 2.24) is 18.3 Å². The third kappa shape index (κ3) is 11.9. The normalized spacial score (nSPS) is 21.0. The van der Waals surface area contributed by atoms with Gasteiger partial charge < -0.3 is 24.1 Å². The van der Waals surface area contributed by atoms with Crippen molar-refractivity contribution < 1.29 is 38.4 Å². The molecule has 0 amide bonds. The number of ether oxygens (including phenoxy) is 4. The summed E-state index contributed by atoms with van der Waals surface area (Å²) in [6.07, 6.45) is 6.38. The number of nitrogens with zero attached hydrogens (tertiary/aromatic N) is 4. The van der Waals surface area contributed by atoms with Crippen molar-refractivity contribution in [3.05, 3.63) is 173 Å². The van der Waals surface area contributed by atoms with Gasteiger partial charge in [0.05, 0.1) is 19.1 Å². The number of aliphatic carboxylic acids is 1. The van der Waals surface area contributed by atoms with E-state index in [2.05, 4.69) is 33.9 Å². The Morgan fingerprint density at radius 3 is 1.63 bits per heavy atom. The highest BCUT2D eigenvalue weighted by Gasteiger charge is 2.74. The predicted octanol–water partition coefficient (Wildman–Crippen LogP) is 11.1. The van der Waals surface area contributed by atoms with Crippen LogP contribution in [0, 0.1) is 19.3 Å². The highest BCUT2D eigenvalue weighted by molar-refractivity contribution is 6.83. The summed E-state index contributed by atoms with van der Waals surface area (Å²) in [7, 11) is -2.87. The third-order valence-corrected chi connectivity index (χ3v) is 22.0. The molecule has 16 nitrogen and oxygen atoms in total. The van der Waals surface area contributed by atoms with Crippen LogP contribution in [0.2, 0.25) is 19.1 Å². The molecule has 0 radical (unpaired) electrons. The minimum Gasteiger partial charge on any atom is -0.481 e. The van der Waals surface area contributed by atoms with Gasteiger partial charge in [0.25, 0.3) is 11.1 Å². The van der Waals surface area contributed by atoms with Gasteiger partial charge in [-0.05, 0) is 76.5 Å². The van der Waals surface area contributed by atoms with Gasteiger partial charge >= 0.3 is 23.3 Å². The van der Waals surface area contributed by atoms with Crippen molar-refractivity contribution in [1.29, 1.82) is 0 Å². The van der Waals surface area contributed by atoms with Gasteiger partial charge in [-0.2, -0.15) is 0 Å². The number of aryl methyl sites for hydroxylation is 2. The van der Waals surface area contributed by atoms with Crippen LogP contribution in [-0.4, -0.2) is 72.2 Å². The topological polar surface area (TPSA) is 196 Å². The molecule has 0 spiro atoms. The number of ketones is 1. The first kappa shape index (κ1) is 63.3. The molecule has 5 aromatic rings. The average Bonchev–Trinajstić information content (AvgIpc) is 1.80. The summed E-state index contributed by atoms with van der Waals surface area (Å²) < 4.78 is 32.9. The van der Waals surface area contributed by atoms with Gasteiger partial charge in [-0.15, -0.1) is 0 Å². The molecule has 444 valence electrons. The number of hydrogen-bond acceptors (Lipinski definition) is 11. The van der Waals surface area contributed by atoms with Gasteiger partial charge in [0.1, 0.15) is 29.3 Å². The Morgan fingerprint density at radius 2 is 1.16 bits per heavy atom. The number of aromatic nitrogens is 4. The number of rotatable bonds is 28. The number of benzene rings is 3.